The fourth-order valence-electron chi connectivity index (χ4n) is 2.43. The van der Waals surface area contributed by atoms with Crippen molar-refractivity contribution in [3.8, 4) is 0 Å². The Labute approximate surface area is 126 Å². The standard InChI is InChI=1S/C14H21ClN2O2S/c1-11-13(15)9-12(10-14(11)16)20(18,19)17-7-5-3-2-4-6-8-17/h9-10H,2-8,16H2,1H3. The van der Waals surface area contributed by atoms with Gasteiger partial charge in [0, 0.05) is 23.8 Å². The second-order valence-electron chi connectivity index (χ2n) is 5.29. The molecule has 4 nitrogen and oxygen atoms in total. The van der Waals surface area contributed by atoms with Crippen molar-refractivity contribution in [1.82, 2.24) is 4.31 Å². The molecule has 1 aliphatic rings. The van der Waals surface area contributed by atoms with Gasteiger partial charge in [-0.3, -0.25) is 0 Å². The number of nitrogens with zero attached hydrogens (tertiary/aromatic N) is 1. The van der Waals surface area contributed by atoms with Crippen LogP contribution < -0.4 is 5.73 Å². The van der Waals surface area contributed by atoms with Crippen LogP contribution in [0.5, 0.6) is 0 Å². The highest BCUT2D eigenvalue weighted by molar-refractivity contribution is 7.89. The maximum absolute atomic E-state index is 12.7. The van der Waals surface area contributed by atoms with Crippen molar-refractivity contribution in [3.05, 3.63) is 22.7 Å². The Kier molecular flexibility index (Phi) is 4.94. The largest absolute Gasteiger partial charge is 0.398 e. The van der Waals surface area contributed by atoms with Gasteiger partial charge in [0.15, 0.2) is 0 Å². The molecule has 6 heteroatoms. The normalized spacial score (nSPS) is 18.5. The average molecular weight is 317 g/mol. The molecule has 0 atom stereocenters. The van der Waals surface area contributed by atoms with Gasteiger partial charge in [0.1, 0.15) is 0 Å². The fourth-order valence-corrected chi connectivity index (χ4v) is 4.30. The molecule has 0 saturated carbocycles. The lowest BCUT2D eigenvalue weighted by Gasteiger charge is -2.24. The third kappa shape index (κ3) is 3.27. The van der Waals surface area contributed by atoms with E-state index in [0.29, 0.717) is 23.8 Å². The van der Waals surface area contributed by atoms with Crippen molar-refractivity contribution >= 4 is 27.3 Å². The van der Waals surface area contributed by atoms with Crippen molar-refractivity contribution in [3.63, 3.8) is 0 Å². The molecule has 1 saturated heterocycles. The van der Waals surface area contributed by atoms with Crippen molar-refractivity contribution in [1.29, 1.82) is 0 Å². The quantitative estimate of drug-likeness (QED) is 0.852. The molecule has 112 valence electrons. The second-order valence-corrected chi connectivity index (χ2v) is 7.64. The van der Waals surface area contributed by atoms with E-state index in [0.717, 1.165) is 31.2 Å². The van der Waals surface area contributed by atoms with E-state index in [1.54, 1.807) is 11.2 Å². The molecule has 2 rings (SSSR count). The molecule has 0 aliphatic carbocycles. The Hall–Kier alpha value is -0.780. The molecule has 0 amide bonds. The Bertz CT molecular complexity index is 556. The van der Waals surface area contributed by atoms with Gasteiger partial charge in [0.25, 0.3) is 0 Å². The van der Waals surface area contributed by atoms with E-state index < -0.39 is 10.0 Å². The third-order valence-electron chi connectivity index (χ3n) is 3.81. The van der Waals surface area contributed by atoms with Gasteiger partial charge < -0.3 is 5.73 Å². The zero-order valence-electron chi connectivity index (χ0n) is 11.7. The van der Waals surface area contributed by atoms with Crippen molar-refractivity contribution < 1.29 is 8.42 Å². The highest BCUT2D eigenvalue weighted by Gasteiger charge is 2.25. The van der Waals surface area contributed by atoms with Crippen molar-refractivity contribution in [2.24, 2.45) is 0 Å². The summed E-state index contributed by atoms with van der Waals surface area (Å²) in [6.07, 6.45) is 5.19. The van der Waals surface area contributed by atoms with Gasteiger partial charge >= 0.3 is 0 Å². The smallest absolute Gasteiger partial charge is 0.243 e. The molecule has 2 N–H and O–H groups in total. The Balaban J connectivity index is 2.33. The predicted molar refractivity (Wildman–Crippen MR) is 82.4 cm³/mol. The summed E-state index contributed by atoms with van der Waals surface area (Å²) in [5, 5.41) is 0.399. The number of sulfonamides is 1. The fraction of sp³-hybridized carbons (Fsp3) is 0.571. The molecule has 1 aromatic rings. The van der Waals surface area contributed by atoms with Crippen LogP contribution in [0.25, 0.3) is 0 Å². The highest BCUT2D eigenvalue weighted by atomic mass is 35.5. The second kappa shape index (κ2) is 6.33. The molecule has 0 aromatic heterocycles. The van der Waals surface area contributed by atoms with E-state index >= 15 is 0 Å². The van der Waals surface area contributed by atoms with Gasteiger partial charge in [-0.2, -0.15) is 4.31 Å². The first-order chi connectivity index (χ1) is 9.43. The van der Waals surface area contributed by atoms with E-state index in [1.807, 2.05) is 0 Å². The van der Waals surface area contributed by atoms with Crippen LogP contribution in [-0.4, -0.2) is 25.8 Å². The van der Waals surface area contributed by atoms with E-state index in [9.17, 15) is 8.42 Å². The van der Waals surface area contributed by atoms with Gasteiger partial charge in [0.05, 0.1) is 4.90 Å². The lowest BCUT2D eigenvalue weighted by molar-refractivity contribution is 0.364. The predicted octanol–water partition coefficient (Wildman–Crippen LogP) is 3.19. The molecule has 0 spiro atoms. The molecule has 1 aromatic carbocycles. The Morgan fingerprint density at radius 3 is 2.20 bits per heavy atom. The van der Waals surface area contributed by atoms with Crippen LogP contribution in [0.15, 0.2) is 17.0 Å². The summed E-state index contributed by atoms with van der Waals surface area (Å²) < 4.78 is 26.9. The van der Waals surface area contributed by atoms with Crippen LogP contribution in [0, 0.1) is 6.92 Å². The first-order valence-electron chi connectivity index (χ1n) is 6.98. The molecular weight excluding hydrogens is 296 g/mol. The average Bonchev–Trinajstić information content (AvgIpc) is 2.34. The van der Waals surface area contributed by atoms with Crippen LogP contribution in [0.2, 0.25) is 5.02 Å². The van der Waals surface area contributed by atoms with Crippen molar-refractivity contribution in [2.45, 2.75) is 43.9 Å². The summed E-state index contributed by atoms with van der Waals surface area (Å²) in [5.74, 6) is 0. The van der Waals surface area contributed by atoms with E-state index in [1.165, 1.54) is 18.6 Å². The lowest BCUT2D eigenvalue weighted by Crippen LogP contribution is -2.33. The minimum Gasteiger partial charge on any atom is -0.398 e. The summed E-state index contributed by atoms with van der Waals surface area (Å²) in [6, 6.07) is 3.01. The number of nitrogens with two attached hydrogens (primary N) is 1. The summed E-state index contributed by atoms with van der Waals surface area (Å²) in [4.78, 5) is 0.200. The monoisotopic (exact) mass is 316 g/mol. The number of hydrogen-bond acceptors (Lipinski definition) is 3. The number of hydrogen-bond donors (Lipinski definition) is 1. The Morgan fingerprint density at radius 2 is 1.65 bits per heavy atom. The zero-order valence-corrected chi connectivity index (χ0v) is 13.3. The number of nitrogen functional groups attached to an aromatic ring is 1. The summed E-state index contributed by atoms with van der Waals surface area (Å²) >= 11 is 6.06. The maximum atomic E-state index is 12.7. The molecule has 1 aliphatic heterocycles. The minimum atomic E-state index is -3.49. The molecule has 0 unspecified atom stereocenters. The number of benzene rings is 1. The van der Waals surface area contributed by atoms with Crippen LogP contribution in [0.4, 0.5) is 5.69 Å². The van der Waals surface area contributed by atoms with Gasteiger partial charge in [-0.25, -0.2) is 8.42 Å². The summed E-state index contributed by atoms with van der Waals surface area (Å²) in [6.45, 7) is 2.94. The molecule has 20 heavy (non-hydrogen) atoms. The van der Waals surface area contributed by atoms with Gasteiger partial charge in [-0.05, 0) is 37.5 Å². The van der Waals surface area contributed by atoms with Crippen LogP contribution in [-0.2, 0) is 10.0 Å². The van der Waals surface area contributed by atoms with Crippen LogP contribution in [0.1, 0.15) is 37.7 Å². The molecule has 0 radical (unpaired) electrons. The minimum absolute atomic E-state index is 0.200. The van der Waals surface area contributed by atoms with Crippen LogP contribution >= 0.6 is 11.6 Å². The van der Waals surface area contributed by atoms with Gasteiger partial charge in [-0.15, -0.1) is 0 Å². The number of anilines is 1. The Morgan fingerprint density at radius 1 is 1.10 bits per heavy atom. The van der Waals surface area contributed by atoms with E-state index in [2.05, 4.69) is 0 Å². The molecule has 0 bridgehead atoms. The number of rotatable bonds is 2. The van der Waals surface area contributed by atoms with E-state index in [4.69, 9.17) is 17.3 Å². The first kappa shape index (κ1) is 15.6. The summed E-state index contributed by atoms with van der Waals surface area (Å²) in [5.41, 5.74) is 6.98. The zero-order chi connectivity index (χ0) is 14.8. The topological polar surface area (TPSA) is 63.4 Å². The number of halogens is 1. The highest BCUT2D eigenvalue weighted by Crippen LogP contribution is 2.28. The molecule has 1 heterocycles. The third-order valence-corrected chi connectivity index (χ3v) is 6.08. The molecular formula is C14H21ClN2O2S. The first-order valence-corrected chi connectivity index (χ1v) is 8.80. The van der Waals surface area contributed by atoms with Crippen molar-refractivity contribution in [2.75, 3.05) is 18.8 Å². The van der Waals surface area contributed by atoms with Crippen LogP contribution in [0.3, 0.4) is 0 Å². The van der Waals surface area contributed by atoms with E-state index in [-0.39, 0.29) is 4.90 Å². The SMILES string of the molecule is Cc1c(N)cc(S(=O)(=O)N2CCCCCCC2)cc1Cl. The summed E-state index contributed by atoms with van der Waals surface area (Å²) in [7, 11) is -3.49. The van der Waals surface area contributed by atoms with Gasteiger partial charge in [0.2, 0.25) is 10.0 Å². The maximum Gasteiger partial charge on any atom is 0.243 e. The molecule has 1 fully saturated rings. The lowest BCUT2D eigenvalue weighted by atomic mass is 10.1. The van der Waals surface area contributed by atoms with Gasteiger partial charge in [-0.1, -0.05) is 30.9 Å².